The molecule has 2 aromatic rings. The second-order valence-corrected chi connectivity index (χ2v) is 8.01. The van der Waals surface area contributed by atoms with Crippen LogP contribution in [0.3, 0.4) is 0 Å². The number of hydrogen-bond donors (Lipinski definition) is 1. The molecule has 0 unspecified atom stereocenters. The largest absolute Gasteiger partial charge is 0.494 e. The van der Waals surface area contributed by atoms with Crippen LogP contribution in [0.15, 0.2) is 54.6 Å². The molecule has 164 valence electrons. The number of piperidine rings is 1. The van der Waals surface area contributed by atoms with E-state index >= 15 is 0 Å². The zero-order valence-electron chi connectivity index (χ0n) is 18.5. The van der Waals surface area contributed by atoms with Gasteiger partial charge in [0.25, 0.3) is 0 Å². The molecule has 0 aliphatic carbocycles. The second kappa shape index (κ2) is 11.3. The molecule has 0 bridgehead atoms. The molecule has 5 heteroatoms. The van der Waals surface area contributed by atoms with Crippen LogP contribution in [0.5, 0.6) is 5.75 Å². The van der Waals surface area contributed by atoms with E-state index in [0.717, 1.165) is 35.4 Å². The number of amides is 2. The third-order valence-electron chi connectivity index (χ3n) is 5.62. The number of nitrogens with one attached hydrogen (secondary N) is 1. The summed E-state index contributed by atoms with van der Waals surface area (Å²) < 4.78 is 5.73. The first kappa shape index (κ1) is 22.6. The molecule has 2 aromatic carbocycles. The van der Waals surface area contributed by atoms with Gasteiger partial charge in [-0.2, -0.15) is 0 Å². The maximum atomic E-state index is 12.7. The summed E-state index contributed by atoms with van der Waals surface area (Å²) >= 11 is 0. The average molecular weight is 421 g/mol. The molecule has 0 aromatic heterocycles. The fraction of sp³-hybridized carbons (Fsp3) is 0.385. The van der Waals surface area contributed by atoms with Gasteiger partial charge in [-0.3, -0.25) is 9.59 Å². The number of carbonyl (C=O) groups is 2. The number of unbranched alkanes of at least 4 members (excludes halogenated alkanes) is 1. The topological polar surface area (TPSA) is 58.6 Å². The van der Waals surface area contributed by atoms with E-state index in [1.54, 1.807) is 6.08 Å². The van der Waals surface area contributed by atoms with Crippen LogP contribution in [0, 0.1) is 12.8 Å². The fourth-order valence-corrected chi connectivity index (χ4v) is 3.63. The highest BCUT2D eigenvalue weighted by Gasteiger charge is 2.26. The highest BCUT2D eigenvalue weighted by molar-refractivity contribution is 5.94. The normalized spacial score (nSPS) is 14.6. The predicted octanol–water partition coefficient (Wildman–Crippen LogP) is 5.06. The maximum absolute atomic E-state index is 12.7. The van der Waals surface area contributed by atoms with Gasteiger partial charge in [-0.25, -0.2) is 0 Å². The molecular formula is C26H32N2O3. The molecule has 1 heterocycles. The van der Waals surface area contributed by atoms with Crippen molar-refractivity contribution in [2.75, 3.05) is 25.0 Å². The first-order chi connectivity index (χ1) is 15.1. The Morgan fingerprint density at radius 3 is 2.55 bits per heavy atom. The lowest BCUT2D eigenvalue weighted by molar-refractivity contribution is -0.130. The second-order valence-electron chi connectivity index (χ2n) is 8.01. The summed E-state index contributed by atoms with van der Waals surface area (Å²) in [6, 6.07) is 15.5. The van der Waals surface area contributed by atoms with Crippen LogP contribution >= 0.6 is 0 Å². The number of benzene rings is 2. The number of ether oxygens (including phenoxy) is 1. The van der Waals surface area contributed by atoms with Crippen LogP contribution in [0.25, 0.3) is 6.08 Å². The molecule has 1 saturated heterocycles. The number of rotatable bonds is 8. The molecule has 3 rings (SSSR count). The number of anilines is 1. The Labute approximate surface area is 185 Å². The summed E-state index contributed by atoms with van der Waals surface area (Å²) in [5, 5.41) is 3.05. The van der Waals surface area contributed by atoms with Crippen LogP contribution in [0.4, 0.5) is 5.69 Å². The first-order valence-electron chi connectivity index (χ1n) is 11.1. The molecular weight excluding hydrogens is 388 g/mol. The molecule has 31 heavy (non-hydrogen) atoms. The first-order valence-corrected chi connectivity index (χ1v) is 11.1. The van der Waals surface area contributed by atoms with Gasteiger partial charge in [-0.15, -0.1) is 0 Å². The lowest BCUT2D eigenvalue weighted by Gasteiger charge is -2.30. The summed E-state index contributed by atoms with van der Waals surface area (Å²) in [6.07, 6.45) is 6.92. The van der Waals surface area contributed by atoms with E-state index in [9.17, 15) is 9.59 Å². The van der Waals surface area contributed by atoms with Crippen molar-refractivity contribution in [3.05, 3.63) is 65.7 Å². The summed E-state index contributed by atoms with van der Waals surface area (Å²) in [5.74, 6) is 0.772. The van der Waals surface area contributed by atoms with Gasteiger partial charge >= 0.3 is 0 Å². The molecule has 1 aliphatic rings. The number of likely N-dealkylation sites (tertiary alicyclic amines) is 1. The van der Waals surface area contributed by atoms with E-state index in [4.69, 9.17) is 4.74 Å². The zero-order chi connectivity index (χ0) is 22.1. The predicted molar refractivity (Wildman–Crippen MR) is 125 cm³/mol. The molecule has 0 atom stereocenters. The Morgan fingerprint density at radius 1 is 1.13 bits per heavy atom. The Bertz CT molecular complexity index is 900. The molecule has 1 fully saturated rings. The summed E-state index contributed by atoms with van der Waals surface area (Å²) in [4.78, 5) is 27.0. The van der Waals surface area contributed by atoms with Crippen molar-refractivity contribution in [2.45, 2.75) is 39.5 Å². The van der Waals surface area contributed by atoms with Gasteiger partial charge in [0.1, 0.15) is 5.75 Å². The van der Waals surface area contributed by atoms with Gasteiger partial charge in [0.05, 0.1) is 6.61 Å². The molecule has 0 spiro atoms. The summed E-state index contributed by atoms with van der Waals surface area (Å²) in [7, 11) is 0. The van der Waals surface area contributed by atoms with Gasteiger partial charge in [-0.1, -0.05) is 43.7 Å². The summed E-state index contributed by atoms with van der Waals surface area (Å²) in [5.41, 5.74) is 2.81. The molecule has 2 amide bonds. The van der Waals surface area contributed by atoms with E-state index in [0.29, 0.717) is 32.5 Å². The quantitative estimate of drug-likeness (QED) is 0.479. The van der Waals surface area contributed by atoms with Crippen LogP contribution in [-0.2, 0) is 9.59 Å². The van der Waals surface area contributed by atoms with Gasteiger partial charge in [-0.05, 0) is 61.6 Å². The van der Waals surface area contributed by atoms with E-state index in [1.807, 2.05) is 66.4 Å². The minimum Gasteiger partial charge on any atom is -0.494 e. The SMILES string of the molecule is CCCCOc1ccc(NC(=O)C2CCN(C(=O)/C=C/c3ccccc3)CC2)c(C)c1. The smallest absolute Gasteiger partial charge is 0.246 e. The van der Waals surface area contributed by atoms with Crippen molar-refractivity contribution >= 4 is 23.6 Å². The Kier molecular flexibility index (Phi) is 8.27. The highest BCUT2D eigenvalue weighted by Crippen LogP contribution is 2.24. The maximum Gasteiger partial charge on any atom is 0.246 e. The standard InChI is InChI=1S/C26H32N2O3/c1-3-4-18-31-23-11-12-24(20(2)19-23)27-26(30)22-14-16-28(17-15-22)25(29)13-10-21-8-6-5-7-9-21/h5-13,19,22H,3-4,14-18H2,1-2H3,(H,27,30)/b13-10+. The highest BCUT2D eigenvalue weighted by atomic mass is 16.5. The number of hydrogen-bond acceptors (Lipinski definition) is 3. The minimum absolute atomic E-state index is 0.00258. The average Bonchev–Trinajstić information content (AvgIpc) is 2.80. The zero-order valence-corrected chi connectivity index (χ0v) is 18.5. The third kappa shape index (κ3) is 6.71. The van der Waals surface area contributed by atoms with Crippen LogP contribution in [0.1, 0.15) is 43.7 Å². The van der Waals surface area contributed by atoms with Crippen molar-refractivity contribution in [3.8, 4) is 5.75 Å². The molecule has 1 N–H and O–H groups in total. The van der Waals surface area contributed by atoms with Crippen LogP contribution in [0.2, 0.25) is 0 Å². The van der Waals surface area contributed by atoms with E-state index < -0.39 is 0 Å². The van der Waals surface area contributed by atoms with Crippen LogP contribution in [-0.4, -0.2) is 36.4 Å². The van der Waals surface area contributed by atoms with Crippen molar-refractivity contribution in [1.82, 2.24) is 4.90 Å². The molecule has 0 saturated carbocycles. The number of carbonyl (C=O) groups excluding carboxylic acids is 2. The monoisotopic (exact) mass is 420 g/mol. The Morgan fingerprint density at radius 2 is 1.87 bits per heavy atom. The van der Waals surface area contributed by atoms with E-state index in [-0.39, 0.29) is 17.7 Å². The van der Waals surface area contributed by atoms with Crippen molar-refractivity contribution in [3.63, 3.8) is 0 Å². The summed E-state index contributed by atoms with van der Waals surface area (Å²) in [6.45, 7) is 6.01. The van der Waals surface area contributed by atoms with Gasteiger partial charge in [0.15, 0.2) is 0 Å². The van der Waals surface area contributed by atoms with Gasteiger partial charge in [0, 0.05) is 30.8 Å². The van der Waals surface area contributed by atoms with Gasteiger partial charge < -0.3 is 15.0 Å². The Hall–Kier alpha value is -3.08. The van der Waals surface area contributed by atoms with Crippen LogP contribution < -0.4 is 10.1 Å². The molecule has 5 nitrogen and oxygen atoms in total. The lowest BCUT2D eigenvalue weighted by Crippen LogP contribution is -2.40. The van der Waals surface area contributed by atoms with E-state index in [2.05, 4.69) is 12.2 Å². The van der Waals surface area contributed by atoms with Crippen molar-refractivity contribution < 1.29 is 14.3 Å². The Balaban J connectivity index is 1.48. The van der Waals surface area contributed by atoms with Gasteiger partial charge in [0.2, 0.25) is 11.8 Å². The third-order valence-corrected chi connectivity index (χ3v) is 5.62. The molecule has 1 aliphatic heterocycles. The van der Waals surface area contributed by atoms with Crippen molar-refractivity contribution in [1.29, 1.82) is 0 Å². The van der Waals surface area contributed by atoms with Crippen molar-refractivity contribution in [2.24, 2.45) is 5.92 Å². The fourth-order valence-electron chi connectivity index (χ4n) is 3.63. The molecule has 0 radical (unpaired) electrons. The van der Waals surface area contributed by atoms with E-state index in [1.165, 1.54) is 0 Å². The number of aryl methyl sites for hydroxylation is 1. The number of nitrogens with zero attached hydrogens (tertiary/aromatic N) is 1. The lowest BCUT2D eigenvalue weighted by atomic mass is 9.95. The minimum atomic E-state index is -0.0815.